The van der Waals surface area contributed by atoms with E-state index in [2.05, 4.69) is 40.5 Å². The first-order valence-corrected chi connectivity index (χ1v) is 9.92. The molecule has 1 saturated carbocycles. The standard InChI is InChI=1S/C22H25N3O3/c26-22(17-8-4-9-19(12-17)25(27)28)23-10-5-11-24-14-18-13-20(21(18)15-24)16-6-2-1-3-7-16/h1-4,6-9,12,18,20-21H,5,10-11,13-15H2,(H,23,26). The number of carbonyl (C=O) groups is 1. The van der Waals surface area contributed by atoms with Gasteiger partial charge in [0.15, 0.2) is 0 Å². The average Bonchev–Trinajstić information content (AvgIpc) is 3.02. The number of nitro benzene ring substituents is 1. The molecule has 6 heteroatoms. The van der Waals surface area contributed by atoms with Gasteiger partial charge in [0, 0.05) is 37.3 Å². The number of hydrogen-bond acceptors (Lipinski definition) is 4. The smallest absolute Gasteiger partial charge is 0.270 e. The number of fused-ring (bicyclic) bond motifs is 1. The summed E-state index contributed by atoms with van der Waals surface area (Å²) in [6.45, 7) is 3.86. The molecule has 1 amide bonds. The summed E-state index contributed by atoms with van der Waals surface area (Å²) in [6.07, 6.45) is 2.17. The van der Waals surface area contributed by atoms with E-state index in [1.54, 1.807) is 6.07 Å². The Bertz CT molecular complexity index is 855. The maximum absolute atomic E-state index is 12.2. The summed E-state index contributed by atoms with van der Waals surface area (Å²) < 4.78 is 0. The molecule has 1 heterocycles. The fourth-order valence-corrected chi connectivity index (χ4v) is 4.63. The second-order valence-corrected chi connectivity index (χ2v) is 7.85. The molecule has 0 radical (unpaired) electrons. The first-order chi connectivity index (χ1) is 13.6. The highest BCUT2D eigenvalue weighted by atomic mass is 16.6. The summed E-state index contributed by atoms with van der Waals surface area (Å²) in [7, 11) is 0. The molecular weight excluding hydrogens is 354 g/mol. The largest absolute Gasteiger partial charge is 0.352 e. The second kappa shape index (κ2) is 8.10. The van der Waals surface area contributed by atoms with Gasteiger partial charge in [-0.25, -0.2) is 0 Å². The van der Waals surface area contributed by atoms with Gasteiger partial charge < -0.3 is 10.2 Å². The van der Waals surface area contributed by atoms with Crippen molar-refractivity contribution in [2.24, 2.45) is 11.8 Å². The highest BCUT2D eigenvalue weighted by molar-refractivity contribution is 5.94. The third kappa shape index (κ3) is 3.92. The van der Waals surface area contributed by atoms with Gasteiger partial charge in [0.1, 0.15) is 0 Å². The number of carbonyl (C=O) groups excluding carboxylic acids is 1. The average molecular weight is 379 g/mol. The lowest BCUT2D eigenvalue weighted by Gasteiger charge is -2.40. The predicted molar refractivity (Wildman–Crippen MR) is 107 cm³/mol. The molecule has 0 spiro atoms. The summed E-state index contributed by atoms with van der Waals surface area (Å²) >= 11 is 0. The Labute approximate surface area is 164 Å². The first-order valence-electron chi connectivity index (χ1n) is 9.92. The zero-order chi connectivity index (χ0) is 19.5. The van der Waals surface area contributed by atoms with Crippen LogP contribution in [0.2, 0.25) is 0 Å². The lowest BCUT2D eigenvalue weighted by Crippen LogP contribution is -2.33. The highest BCUT2D eigenvalue weighted by Gasteiger charge is 2.46. The summed E-state index contributed by atoms with van der Waals surface area (Å²) in [5, 5.41) is 13.7. The molecule has 3 unspecified atom stereocenters. The number of non-ortho nitro benzene ring substituents is 1. The van der Waals surface area contributed by atoms with Crippen LogP contribution in [0.3, 0.4) is 0 Å². The molecule has 28 heavy (non-hydrogen) atoms. The van der Waals surface area contributed by atoms with Crippen LogP contribution in [0.1, 0.15) is 34.7 Å². The van der Waals surface area contributed by atoms with Crippen LogP contribution in [0.4, 0.5) is 5.69 Å². The summed E-state index contributed by atoms with van der Waals surface area (Å²) in [6, 6.07) is 16.7. The van der Waals surface area contributed by atoms with E-state index in [1.165, 1.54) is 30.2 Å². The molecule has 0 aromatic heterocycles. The molecular formula is C22H25N3O3. The molecule has 2 aromatic rings. The number of hydrogen-bond donors (Lipinski definition) is 1. The Hall–Kier alpha value is -2.73. The number of nitrogens with zero attached hydrogens (tertiary/aromatic N) is 2. The Morgan fingerprint density at radius 2 is 1.96 bits per heavy atom. The monoisotopic (exact) mass is 379 g/mol. The predicted octanol–water partition coefficient (Wildman–Crippen LogP) is 3.45. The maximum Gasteiger partial charge on any atom is 0.270 e. The van der Waals surface area contributed by atoms with Gasteiger partial charge in [0.2, 0.25) is 0 Å². The highest BCUT2D eigenvalue weighted by Crippen LogP contribution is 2.51. The van der Waals surface area contributed by atoms with Gasteiger partial charge in [-0.1, -0.05) is 36.4 Å². The molecule has 6 nitrogen and oxygen atoms in total. The van der Waals surface area contributed by atoms with Gasteiger partial charge in [0.25, 0.3) is 11.6 Å². The fraction of sp³-hybridized carbons (Fsp3) is 0.409. The Morgan fingerprint density at radius 3 is 2.75 bits per heavy atom. The summed E-state index contributed by atoms with van der Waals surface area (Å²) in [4.78, 5) is 25.0. The Morgan fingerprint density at radius 1 is 1.14 bits per heavy atom. The zero-order valence-electron chi connectivity index (χ0n) is 15.8. The molecule has 2 aromatic carbocycles. The van der Waals surface area contributed by atoms with Crippen molar-refractivity contribution in [2.45, 2.75) is 18.8 Å². The third-order valence-corrected chi connectivity index (χ3v) is 6.12. The van der Waals surface area contributed by atoms with E-state index in [1.807, 2.05) is 0 Å². The van der Waals surface area contributed by atoms with Crippen molar-refractivity contribution in [1.29, 1.82) is 0 Å². The van der Waals surface area contributed by atoms with E-state index >= 15 is 0 Å². The number of nitro groups is 1. The molecule has 1 N–H and O–H groups in total. The minimum absolute atomic E-state index is 0.0619. The van der Waals surface area contributed by atoms with Crippen LogP contribution in [0, 0.1) is 22.0 Å². The Kier molecular flexibility index (Phi) is 5.39. The van der Waals surface area contributed by atoms with E-state index in [4.69, 9.17) is 0 Å². The van der Waals surface area contributed by atoms with E-state index in [0.717, 1.165) is 37.9 Å². The minimum atomic E-state index is -0.485. The van der Waals surface area contributed by atoms with Gasteiger partial charge in [-0.05, 0) is 48.8 Å². The minimum Gasteiger partial charge on any atom is -0.352 e. The molecule has 2 fully saturated rings. The molecule has 0 bridgehead atoms. The number of likely N-dealkylation sites (tertiary alicyclic amines) is 1. The fourth-order valence-electron chi connectivity index (χ4n) is 4.63. The van der Waals surface area contributed by atoms with Crippen LogP contribution in [-0.2, 0) is 0 Å². The molecule has 1 aliphatic heterocycles. The number of amides is 1. The van der Waals surface area contributed by atoms with Gasteiger partial charge in [-0.15, -0.1) is 0 Å². The van der Waals surface area contributed by atoms with Gasteiger partial charge >= 0.3 is 0 Å². The van der Waals surface area contributed by atoms with Crippen LogP contribution >= 0.6 is 0 Å². The van der Waals surface area contributed by atoms with Crippen LogP contribution in [-0.4, -0.2) is 41.9 Å². The lowest BCUT2D eigenvalue weighted by atomic mass is 9.64. The number of rotatable bonds is 7. The van der Waals surface area contributed by atoms with Crippen molar-refractivity contribution < 1.29 is 9.72 Å². The second-order valence-electron chi connectivity index (χ2n) is 7.85. The topological polar surface area (TPSA) is 75.5 Å². The van der Waals surface area contributed by atoms with Crippen LogP contribution < -0.4 is 5.32 Å². The first kappa shape index (κ1) is 18.6. The SMILES string of the molecule is O=C(NCCCN1CC2CC(c3ccccc3)C2C1)c1cccc([N+](=O)[O-])c1. The quantitative estimate of drug-likeness (QED) is 0.454. The third-order valence-electron chi connectivity index (χ3n) is 6.12. The summed E-state index contributed by atoms with van der Waals surface area (Å²) in [5.41, 5.74) is 1.74. The number of benzene rings is 2. The molecule has 2 aliphatic rings. The molecule has 1 aliphatic carbocycles. The van der Waals surface area contributed by atoms with Crippen LogP contribution in [0.25, 0.3) is 0 Å². The molecule has 3 atom stereocenters. The van der Waals surface area contributed by atoms with E-state index in [-0.39, 0.29) is 11.6 Å². The van der Waals surface area contributed by atoms with Crippen LogP contribution in [0.5, 0.6) is 0 Å². The molecule has 1 saturated heterocycles. The molecule has 4 rings (SSSR count). The van der Waals surface area contributed by atoms with Crippen LogP contribution in [0.15, 0.2) is 54.6 Å². The van der Waals surface area contributed by atoms with Gasteiger partial charge in [-0.2, -0.15) is 0 Å². The van der Waals surface area contributed by atoms with Crippen molar-refractivity contribution >= 4 is 11.6 Å². The maximum atomic E-state index is 12.2. The molecule has 146 valence electrons. The van der Waals surface area contributed by atoms with E-state index in [0.29, 0.717) is 18.0 Å². The van der Waals surface area contributed by atoms with E-state index < -0.39 is 4.92 Å². The van der Waals surface area contributed by atoms with Crippen molar-refractivity contribution in [3.63, 3.8) is 0 Å². The Balaban J connectivity index is 1.20. The van der Waals surface area contributed by atoms with E-state index in [9.17, 15) is 14.9 Å². The van der Waals surface area contributed by atoms with Crippen molar-refractivity contribution in [3.05, 3.63) is 75.8 Å². The summed E-state index contributed by atoms with van der Waals surface area (Å²) in [5.74, 6) is 2.02. The van der Waals surface area contributed by atoms with Crippen molar-refractivity contribution in [1.82, 2.24) is 10.2 Å². The van der Waals surface area contributed by atoms with Gasteiger partial charge in [0.05, 0.1) is 4.92 Å². The van der Waals surface area contributed by atoms with Gasteiger partial charge in [-0.3, -0.25) is 14.9 Å². The van der Waals surface area contributed by atoms with Crippen molar-refractivity contribution in [2.75, 3.05) is 26.2 Å². The van der Waals surface area contributed by atoms with Crippen molar-refractivity contribution in [3.8, 4) is 0 Å². The normalized spacial score (nSPS) is 23.6. The number of nitrogens with one attached hydrogen (secondary N) is 1. The lowest BCUT2D eigenvalue weighted by molar-refractivity contribution is -0.384. The zero-order valence-corrected chi connectivity index (χ0v) is 15.8.